The van der Waals surface area contributed by atoms with Crippen LogP contribution in [0.25, 0.3) is 11.4 Å². The molecule has 2 rings (SSSR count). The second kappa shape index (κ2) is 4.32. The molecule has 2 aromatic rings. The molecule has 1 aromatic carbocycles. The molecule has 0 radical (unpaired) electrons. The summed E-state index contributed by atoms with van der Waals surface area (Å²) in [6, 6.07) is 4.91. The molecule has 0 saturated carbocycles. The van der Waals surface area contributed by atoms with Crippen molar-refractivity contribution >= 4 is 5.97 Å². The Hall–Kier alpha value is -2.24. The monoisotopic (exact) mass is 235 g/mol. The highest BCUT2D eigenvalue weighted by Gasteiger charge is 2.15. The summed E-state index contributed by atoms with van der Waals surface area (Å²) in [5.41, 5.74) is 0.641. The van der Waals surface area contributed by atoms with Crippen LogP contribution >= 0.6 is 0 Å². The maximum Gasteiger partial charge on any atom is 0.328 e. The van der Waals surface area contributed by atoms with Gasteiger partial charge in [0.15, 0.2) is 5.82 Å². The Balaban J connectivity index is 2.29. The molecule has 0 bridgehead atoms. The number of rotatable bonds is 3. The zero-order valence-electron chi connectivity index (χ0n) is 9.04. The van der Waals surface area contributed by atoms with E-state index in [9.17, 15) is 9.18 Å². The average Bonchev–Trinajstić information content (AvgIpc) is 2.78. The van der Waals surface area contributed by atoms with E-state index in [1.165, 1.54) is 30.1 Å². The molecule has 88 valence electrons. The molecule has 1 atom stereocenters. The molecule has 6 heteroatoms. The number of nitrogens with zero attached hydrogens (tertiary/aromatic N) is 3. The van der Waals surface area contributed by atoms with E-state index in [0.29, 0.717) is 11.4 Å². The molecule has 0 amide bonds. The van der Waals surface area contributed by atoms with Crippen molar-refractivity contribution in [2.45, 2.75) is 13.0 Å². The zero-order valence-corrected chi connectivity index (χ0v) is 9.04. The lowest BCUT2D eigenvalue weighted by atomic mass is 10.2. The number of aliphatic carboxylic acids is 1. The van der Waals surface area contributed by atoms with Gasteiger partial charge < -0.3 is 5.11 Å². The first-order chi connectivity index (χ1) is 8.08. The lowest BCUT2D eigenvalue weighted by Crippen LogP contribution is -2.15. The van der Waals surface area contributed by atoms with Crippen LogP contribution in [-0.4, -0.2) is 25.8 Å². The van der Waals surface area contributed by atoms with E-state index in [4.69, 9.17) is 5.11 Å². The van der Waals surface area contributed by atoms with E-state index in [1.807, 2.05) is 0 Å². The van der Waals surface area contributed by atoms with Crippen molar-refractivity contribution in [3.63, 3.8) is 0 Å². The van der Waals surface area contributed by atoms with Crippen molar-refractivity contribution in [3.05, 3.63) is 36.4 Å². The van der Waals surface area contributed by atoms with Crippen molar-refractivity contribution < 1.29 is 14.3 Å². The normalized spacial score (nSPS) is 12.4. The fourth-order valence-electron chi connectivity index (χ4n) is 1.31. The molecule has 17 heavy (non-hydrogen) atoms. The fraction of sp³-hybridized carbons (Fsp3) is 0.182. The largest absolute Gasteiger partial charge is 0.480 e. The summed E-state index contributed by atoms with van der Waals surface area (Å²) in [5.74, 6) is -0.953. The molecule has 0 fully saturated rings. The Morgan fingerprint density at radius 2 is 2.06 bits per heavy atom. The quantitative estimate of drug-likeness (QED) is 0.879. The van der Waals surface area contributed by atoms with Gasteiger partial charge in [-0.2, -0.15) is 5.10 Å². The first kappa shape index (κ1) is 11.3. The lowest BCUT2D eigenvalue weighted by Gasteiger charge is -2.04. The lowest BCUT2D eigenvalue weighted by molar-refractivity contribution is -0.140. The highest BCUT2D eigenvalue weighted by Crippen LogP contribution is 2.15. The minimum atomic E-state index is -0.986. The number of halogens is 1. The van der Waals surface area contributed by atoms with Crippen molar-refractivity contribution in [1.82, 2.24) is 14.8 Å². The van der Waals surface area contributed by atoms with Gasteiger partial charge in [0.25, 0.3) is 0 Å². The van der Waals surface area contributed by atoms with E-state index in [1.54, 1.807) is 12.1 Å². The number of carboxylic acids is 1. The molecule has 1 aromatic heterocycles. The average molecular weight is 235 g/mol. The van der Waals surface area contributed by atoms with Crippen molar-refractivity contribution in [2.24, 2.45) is 0 Å². The van der Waals surface area contributed by atoms with E-state index in [2.05, 4.69) is 10.1 Å². The fourth-order valence-corrected chi connectivity index (χ4v) is 1.31. The Morgan fingerprint density at radius 3 is 2.65 bits per heavy atom. The highest BCUT2D eigenvalue weighted by molar-refractivity contribution is 5.71. The van der Waals surface area contributed by atoms with Crippen molar-refractivity contribution in [3.8, 4) is 11.4 Å². The Labute approximate surface area is 96.5 Å². The summed E-state index contributed by atoms with van der Waals surface area (Å²) in [5, 5.41) is 12.8. The smallest absolute Gasteiger partial charge is 0.328 e. The SMILES string of the molecule is CC(C(=O)O)n1cnc(-c2ccc(F)cc2)n1. The standard InChI is InChI=1S/C11H10FN3O2/c1-7(11(16)17)15-6-13-10(14-15)8-2-4-9(12)5-3-8/h2-7H,1H3,(H,16,17). The van der Waals surface area contributed by atoms with Crippen LogP contribution in [0.4, 0.5) is 4.39 Å². The number of carbonyl (C=O) groups is 1. The summed E-state index contributed by atoms with van der Waals surface area (Å²) in [6.07, 6.45) is 1.34. The molecule has 5 nitrogen and oxygen atoms in total. The molecule has 1 heterocycles. The van der Waals surface area contributed by atoms with Crippen LogP contribution in [0.15, 0.2) is 30.6 Å². The maximum absolute atomic E-state index is 12.7. The molecule has 0 saturated heterocycles. The third-order valence-electron chi connectivity index (χ3n) is 2.37. The first-order valence-corrected chi connectivity index (χ1v) is 4.98. The van der Waals surface area contributed by atoms with Gasteiger partial charge in [0.1, 0.15) is 18.2 Å². The maximum atomic E-state index is 12.7. The number of carboxylic acid groups (broad SMARTS) is 1. The third-order valence-corrected chi connectivity index (χ3v) is 2.37. The Bertz CT molecular complexity index is 536. The van der Waals surface area contributed by atoms with E-state index in [0.717, 1.165) is 0 Å². The summed E-state index contributed by atoms with van der Waals surface area (Å²) in [7, 11) is 0. The minimum absolute atomic E-state index is 0.341. The van der Waals surface area contributed by atoms with Gasteiger partial charge in [0.05, 0.1) is 0 Å². The highest BCUT2D eigenvalue weighted by atomic mass is 19.1. The number of aromatic nitrogens is 3. The molecular weight excluding hydrogens is 225 g/mol. The van der Waals surface area contributed by atoms with E-state index >= 15 is 0 Å². The van der Waals surface area contributed by atoms with Crippen LogP contribution in [0.5, 0.6) is 0 Å². The van der Waals surface area contributed by atoms with Gasteiger partial charge in [-0.05, 0) is 31.2 Å². The van der Waals surface area contributed by atoms with Crippen LogP contribution in [0.2, 0.25) is 0 Å². The first-order valence-electron chi connectivity index (χ1n) is 4.98. The molecule has 0 aliphatic carbocycles. The predicted octanol–water partition coefficient (Wildman–Crippen LogP) is 1.73. The minimum Gasteiger partial charge on any atom is -0.480 e. The van der Waals surface area contributed by atoms with Crippen LogP contribution in [0.1, 0.15) is 13.0 Å². The summed E-state index contributed by atoms with van der Waals surface area (Å²) >= 11 is 0. The molecule has 0 aliphatic heterocycles. The van der Waals surface area contributed by atoms with Crippen LogP contribution in [-0.2, 0) is 4.79 Å². The van der Waals surface area contributed by atoms with Gasteiger partial charge in [-0.25, -0.2) is 18.9 Å². The number of hydrogen-bond donors (Lipinski definition) is 1. The molecule has 1 N–H and O–H groups in total. The summed E-state index contributed by atoms with van der Waals surface area (Å²) in [6.45, 7) is 1.51. The topological polar surface area (TPSA) is 68.0 Å². The summed E-state index contributed by atoms with van der Waals surface area (Å²) in [4.78, 5) is 14.7. The van der Waals surface area contributed by atoms with E-state index < -0.39 is 12.0 Å². The van der Waals surface area contributed by atoms with Crippen LogP contribution in [0, 0.1) is 5.82 Å². The second-order valence-electron chi connectivity index (χ2n) is 3.57. The second-order valence-corrected chi connectivity index (χ2v) is 3.57. The molecule has 0 spiro atoms. The van der Waals surface area contributed by atoms with Gasteiger partial charge >= 0.3 is 5.97 Å². The number of benzene rings is 1. The number of hydrogen-bond acceptors (Lipinski definition) is 3. The molecule has 0 aliphatic rings. The van der Waals surface area contributed by atoms with Crippen LogP contribution < -0.4 is 0 Å². The van der Waals surface area contributed by atoms with Gasteiger partial charge in [-0.15, -0.1) is 0 Å². The van der Waals surface area contributed by atoms with Gasteiger partial charge in [-0.1, -0.05) is 0 Å². The molecule has 1 unspecified atom stereocenters. The van der Waals surface area contributed by atoms with Crippen molar-refractivity contribution in [1.29, 1.82) is 0 Å². The van der Waals surface area contributed by atoms with Gasteiger partial charge in [-0.3, -0.25) is 0 Å². The van der Waals surface area contributed by atoms with E-state index in [-0.39, 0.29) is 5.82 Å². The third kappa shape index (κ3) is 2.30. The Kier molecular flexibility index (Phi) is 2.86. The zero-order chi connectivity index (χ0) is 12.4. The summed E-state index contributed by atoms with van der Waals surface area (Å²) < 4.78 is 14.0. The molecular formula is C11H10FN3O2. The Morgan fingerprint density at radius 1 is 1.41 bits per heavy atom. The van der Waals surface area contributed by atoms with Crippen molar-refractivity contribution in [2.75, 3.05) is 0 Å². The van der Waals surface area contributed by atoms with Gasteiger partial charge in [0, 0.05) is 5.56 Å². The van der Waals surface area contributed by atoms with Crippen LogP contribution in [0.3, 0.4) is 0 Å². The van der Waals surface area contributed by atoms with Gasteiger partial charge in [0.2, 0.25) is 0 Å². The predicted molar refractivity (Wildman–Crippen MR) is 57.8 cm³/mol.